The van der Waals surface area contributed by atoms with Crippen molar-refractivity contribution in [3.63, 3.8) is 0 Å². The predicted molar refractivity (Wildman–Crippen MR) is 118 cm³/mol. The van der Waals surface area contributed by atoms with Gasteiger partial charge in [-0.1, -0.05) is 42.0 Å². The lowest BCUT2D eigenvalue weighted by Gasteiger charge is -2.12. The summed E-state index contributed by atoms with van der Waals surface area (Å²) < 4.78 is 24.6. The van der Waals surface area contributed by atoms with Crippen molar-refractivity contribution < 1.29 is 23.1 Å². The van der Waals surface area contributed by atoms with Crippen LogP contribution in [-0.2, 0) is 21.4 Å². The van der Waals surface area contributed by atoms with Crippen molar-refractivity contribution in [1.82, 2.24) is 4.57 Å². The van der Waals surface area contributed by atoms with E-state index in [1.54, 1.807) is 53.1 Å². The van der Waals surface area contributed by atoms with Crippen LogP contribution in [-0.4, -0.2) is 29.8 Å². The molecule has 31 heavy (non-hydrogen) atoms. The van der Waals surface area contributed by atoms with Crippen LogP contribution in [0.4, 0.5) is 0 Å². The van der Waals surface area contributed by atoms with Crippen molar-refractivity contribution in [3.05, 3.63) is 82.5 Å². The van der Waals surface area contributed by atoms with Gasteiger partial charge >= 0.3 is 5.97 Å². The third kappa shape index (κ3) is 3.93. The van der Waals surface area contributed by atoms with E-state index in [0.717, 1.165) is 0 Å². The lowest BCUT2D eigenvalue weighted by molar-refractivity contribution is -0.113. The standard InChI is InChI=1S/C22H17ClN2O5S/c23-14-7-10-18-17(11-14)20(16-3-1-2-4-19(16)26)21(22(27)28)25(18)12-13-5-8-15(9-6-13)31(24,29)30/h1-3,5-11H,4,12H2,(H,27,28)(H2,24,29,30). The van der Waals surface area contributed by atoms with Gasteiger partial charge in [0.15, 0.2) is 5.78 Å². The third-order valence-corrected chi connectivity index (χ3v) is 6.26. The van der Waals surface area contributed by atoms with Crippen LogP contribution in [0.2, 0.25) is 5.02 Å². The van der Waals surface area contributed by atoms with Crippen molar-refractivity contribution in [2.24, 2.45) is 5.14 Å². The van der Waals surface area contributed by atoms with Crippen LogP contribution in [0, 0.1) is 0 Å². The minimum Gasteiger partial charge on any atom is -0.477 e. The van der Waals surface area contributed by atoms with Gasteiger partial charge in [-0.2, -0.15) is 0 Å². The topological polar surface area (TPSA) is 119 Å². The molecule has 1 heterocycles. The zero-order valence-electron chi connectivity index (χ0n) is 16.1. The molecular formula is C22H17ClN2O5S. The minimum absolute atomic E-state index is 0.0377. The molecular weight excluding hydrogens is 440 g/mol. The van der Waals surface area contributed by atoms with Crippen molar-refractivity contribution in [2.75, 3.05) is 0 Å². The fourth-order valence-electron chi connectivity index (χ4n) is 3.72. The molecule has 0 unspecified atom stereocenters. The molecule has 0 radical (unpaired) electrons. The zero-order chi connectivity index (χ0) is 22.3. The monoisotopic (exact) mass is 456 g/mol. The fraction of sp³-hybridized carbons (Fsp3) is 0.0909. The highest BCUT2D eigenvalue weighted by Crippen LogP contribution is 2.36. The Morgan fingerprint density at radius 1 is 1.16 bits per heavy atom. The van der Waals surface area contributed by atoms with Gasteiger partial charge in [-0.25, -0.2) is 18.4 Å². The molecule has 1 aromatic heterocycles. The maximum absolute atomic E-state index is 12.6. The number of carboxylic acids is 1. The summed E-state index contributed by atoms with van der Waals surface area (Å²) in [5, 5.41) is 16.2. The summed E-state index contributed by atoms with van der Waals surface area (Å²) in [6.45, 7) is 0.141. The van der Waals surface area contributed by atoms with Crippen LogP contribution in [0.5, 0.6) is 0 Å². The van der Waals surface area contributed by atoms with Crippen molar-refractivity contribution in [3.8, 4) is 0 Å². The first-order valence-corrected chi connectivity index (χ1v) is 11.2. The second kappa shape index (κ2) is 7.81. The number of allylic oxidation sites excluding steroid dienone is 4. The zero-order valence-corrected chi connectivity index (χ0v) is 17.7. The molecule has 0 saturated carbocycles. The Labute approximate surface area is 183 Å². The number of carbonyl (C=O) groups excluding carboxylic acids is 1. The summed E-state index contributed by atoms with van der Waals surface area (Å²) in [7, 11) is -3.84. The molecule has 0 aliphatic heterocycles. The van der Waals surface area contributed by atoms with Gasteiger partial charge < -0.3 is 9.67 Å². The number of aromatic carboxylic acids is 1. The average molecular weight is 457 g/mol. The van der Waals surface area contributed by atoms with E-state index >= 15 is 0 Å². The minimum atomic E-state index is -3.84. The van der Waals surface area contributed by atoms with Crippen LogP contribution in [0.3, 0.4) is 0 Å². The summed E-state index contributed by atoms with van der Waals surface area (Å²) in [6.07, 6.45) is 5.24. The maximum atomic E-state index is 12.6. The second-order valence-corrected chi connectivity index (χ2v) is 9.10. The highest BCUT2D eigenvalue weighted by atomic mass is 35.5. The highest BCUT2D eigenvalue weighted by molar-refractivity contribution is 7.89. The number of hydrogen-bond acceptors (Lipinski definition) is 4. The van der Waals surface area contributed by atoms with E-state index in [4.69, 9.17) is 16.7 Å². The summed E-state index contributed by atoms with van der Waals surface area (Å²) in [4.78, 5) is 24.9. The normalized spacial score (nSPS) is 14.1. The number of nitrogens with two attached hydrogens (primary N) is 1. The largest absolute Gasteiger partial charge is 0.477 e. The number of primary sulfonamides is 1. The van der Waals surface area contributed by atoms with Crippen LogP contribution in [0.1, 0.15) is 28.0 Å². The van der Waals surface area contributed by atoms with Gasteiger partial charge in [0, 0.05) is 40.0 Å². The van der Waals surface area contributed by atoms with Crippen molar-refractivity contribution in [2.45, 2.75) is 17.9 Å². The molecule has 1 aliphatic carbocycles. The van der Waals surface area contributed by atoms with Crippen molar-refractivity contribution in [1.29, 1.82) is 0 Å². The number of ketones is 1. The van der Waals surface area contributed by atoms with E-state index in [1.165, 1.54) is 12.1 Å². The lowest BCUT2D eigenvalue weighted by Crippen LogP contribution is -2.14. The van der Waals surface area contributed by atoms with Crippen LogP contribution >= 0.6 is 11.6 Å². The van der Waals surface area contributed by atoms with Crippen LogP contribution < -0.4 is 5.14 Å². The number of carbonyl (C=O) groups is 2. The number of hydrogen-bond donors (Lipinski definition) is 2. The Morgan fingerprint density at radius 2 is 1.87 bits per heavy atom. The Kier molecular flexibility index (Phi) is 5.30. The molecule has 0 saturated heterocycles. The van der Waals surface area contributed by atoms with Gasteiger partial charge in [0.1, 0.15) is 5.69 Å². The van der Waals surface area contributed by atoms with E-state index in [0.29, 0.717) is 32.6 Å². The molecule has 158 valence electrons. The number of aromatic nitrogens is 1. The Bertz CT molecular complexity index is 1400. The second-order valence-electron chi connectivity index (χ2n) is 7.10. The first-order chi connectivity index (χ1) is 14.7. The molecule has 9 heteroatoms. The predicted octanol–water partition coefficient (Wildman–Crippen LogP) is 3.60. The summed E-state index contributed by atoms with van der Waals surface area (Å²) in [5.74, 6) is -1.37. The molecule has 0 bridgehead atoms. The van der Waals surface area contributed by atoms with Gasteiger partial charge in [0.25, 0.3) is 0 Å². The number of nitrogens with zero attached hydrogens (tertiary/aromatic N) is 1. The number of benzene rings is 2. The Hall–Kier alpha value is -3.20. The fourth-order valence-corrected chi connectivity index (χ4v) is 4.41. The SMILES string of the molecule is NS(=O)(=O)c1ccc(Cn2c(C(=O)O)c(C3=CC=CCC3=O)c3cc(Cl)ccc32)cc1. The third-order valence-electron chi connectivity index (χ3n) is 5.09. The molecule has 7 nitrogen and oxygen atoms in total. The van der Waals surface area contributed by atoms with Gasteiger partial charge in [-0.05, 0) is 35.9 Å². The number of fused-ring (bicyclic) bond motifs is 1. The number of carboxylic acid groups (broad SMARTS) is 1. The number of Topliss-reactive ketones (excluding diaryl/α,β-unsaturated/α-hetero) is 1. The summed E-state index contributed by atoms with van der Waals surface area (Å²) >= 11 is 6.18. The highest BCUT2D eigenvalue weighted by Gasteiger charge is 2.28. The van der Waals surface area contributed by atoms with Gasteiger partial charge in [0.05, 0.1) is 4.90 Å². The number of halogens is 1. The number of sulfonamides is 1. The van der Waals surface area contributed by atoms with Gasteiger partial charge in [0.2, 0.25) is 10.0 Å². The van der Waals surface area contributed by atoms with Gasteiger partial charge in [-0.3, -0.25) is 4.79 Å². The molecule has 3 N–H and O–H groups in total. The van der Waals surface area contributed by atoms with Gasteiger partial charge in [-0.15, -0.1) is 0 Å². The summed E-state index contributed by atoms with van der Waals surface area (Å²) in [6, 6.07) is 10.9. The molecule has 1 aliphatic rings. The van der Waals surface area contributed by atoms with E-state index < -0.39 is 16.0 Å². The first kappa shape index (κ1) is 21.0. The number of rotatable bonds is 5. The van der Waals surface area contributed by atoms with E-state index in [2.05, 4.69) is 0 Å². The van der Waals surface area contributed by atoms with E-state index in [1.807, 2.05) is 0 Å². The quantitative estimate of drug-likeness (QED) is 0.607. The molecule has 0 atom stereocenters. The average Bonchev–Trinajstić information content (AvgIpc) is 3.01. The molecule has 2 aromatic carbocycles. The van der Waals surface area contributed by atoms with Crippen LogP contribution in [0.15, 0.2) is 65.6 Å². The first-order valence-electron chi connectivity index (χ1n) is 9.24. The molecule has 0 spiro atoms. The molecule has 3 aromatic rings. The van der Waals surface area contributed by atoms with E-state index in [-0.39, 0.29) is 29.3 Å². The maximum Gasteiger partial charge on any atom is 0.353 e. The molecule has 0 amide bonds. The van der Waals surface area contributed by atoms with Crippen molar-refractivity contribution >= 4 is 49.9 Å². The van der Waals surface area contributed by atoms with E-state index in [9.17, 15) is 23.1 Å². The molecule has 4 rings (SSSR count). The Balaban J connectivity index is 1.94. The lowest BCUT2D eigenvalue weighted by atomic mass is 9.93. The van der Waals surface area contributed by atoms with Crippen LogP contribution in [0.25, 0.3) is 16.5 Å². The summed E-state index contributed by atoms with van der Waals surface area (Å²) in [5.41, 5.74) is 1.85. The molecule has 0 fully saturated rings. The Morgan fingerprint density at radius 3 is 2.48 bits per heavy atom. The smallest absolute Gasteiger partial charge is 0.353 e.